The molecule has 20 heavy (non-hydrogen) atoms. The minimum atomic E-state index is -0.521. The lowest BCUT2D eigenvalue weighted by Crippen LogP contribution is -2.01. The van der Waals surface area contributed by atoms with Gasteiger partial charge in [-0.05, 0) is 34.5 Å². The van der Waals surface area contributed by atoms with E-state index in [1.165, 1.54) is 0 Å². The molecular weight excluding hydrogens is 270 g/mol. The van der Waals surface area contributed by atoms with Crippen molar-refractivity contribution in [2.45, 2.75) is 12.5 Å². The van der Waals surface area contributed by atoms with Crippen molar-refractivity contribution < 1.29 is 9.84 Å². The summed E-state index contributed by atoms with van der Waals surface area (Å²) in [5, 5.41) is 15.4. The number of methoxy groups -OCH3 is 1. The second-order valence-corrected chi connectivity index (χ2v) is 5.60. The number of nitrogens with zero attached hydrogens (tertiary/aromatic N) is 1. The number of ether oxygens (including phenoxy) is 1. The molecule has 0 aliphatic rings. The molecule has 1 unspecified atom stereocenters. The van der Waals surface area contributed by atoms with Crippen LogP contribution in [-0.2, 0) is 6.42 Å². The zero-order valence-corrected chi connectivity index (χ0v) is 11.9. The minimum absolute atomic E-state index is 0.521. The molecule has 4 heteroatoms. The summed E-state index contributed by atoms with van der Waals surface area (Å²) in [5.74, 6) is 0.841. The van der Waals surface area contributed by atoms with Gasteiger partial charge in [0.15, 0.2) is 0 Å². The second kappa shape index (κ2) is 5.61. The third-order valence-corrected chi connectivity index (χ3v) is 4.11. The van der Waals surface area contributed by atoms with Gasteiger partial charge in [-0.3, -0.25) is 0 Å². The van der Waals surface area contributed by atoms with Crippen molar-refractivity contribution >= 4 is 22.1 Å². The van der Waals surface area contributed by atoms with Crippen LogP contribution in [0.1, 0.15) is 16.7 Å². The number of hydrogen-bond acceptors (Lipinski definition) is 4. The number of aromatic nitrogens is 1. The van der Waals surface area contributed by atoms with Gasteiger partial charge in [-0.25, -0.2) is 4.98 Å². The molecule has 102 valence electrons. The predicted octanol–water partition coefficient (Wildman–Crippen LogP) is 3.58. The monoisotopic (exact) mass is 285 g/mol. The maximum atomic E-state index is 10.3. The van der Waals surface area contributed by atoms with E-state index in [-0.39, 0.29) is 0 Å². The Hall–Kier alpha value is -1.91. The molecule has 0 spiro atoms. The number of aliphatic hydroxyl groups is 1. The van der Waals surface area contributed by atoms with E-state index in [4.69, 9.17) is 4.74 Å². The first kappa shape index (κ1) is 13.1. The lowest BCUT2D eigenvalue weighted by atomic mass is 10.0. The predicted molar refractivity (Wildman–Crippen MR) is 81.3 cm³/mol. The normalized spacial score (nSPS) is 12.5. The fourth-order valence-corrected chi connectivity index (χ4v) is 2.87. The van der Waals surface area contributed by atoms with Crippen LogP contribution in [0.15, 0.2) is 48.0 Å². The van der Waals surface area contributed by atoms with Crippen molar-refractivity contribution in [1.29, 1.82) is 0 Å². The molecule has 0 saturated heterocycles. The van der Waals surface area contributed by atoms with Gasteiger partial charge in [0.25, 0.3) is 0 Å². The van der Waals surface area contributed by atoms with E-state index in [1.807, 2.05) is 41.8 Å². The zero-order valence-electron chi connectivity index (χ0n) is 11.1. The van der Waals surface area contributed by atoms with Gasteiger partial charge in [0.1, 0.15) is 5.75 Å². The Morgan fingerprint density at radius 3 is 2.75 bits per heavy atom. The van der Waals surface area contributed by atoms with Crippen LogP contribution in [-0.4, -0.2) is 17.2 Å². The molecule has 3 aromatic rings. The summed E-state index contributed by atoms with van der Waals surface area (Å²) in [7, 11) is 1.66. The van der Waals surface area contributed by atoms with Crippen LogP contribution in [0.2, 0.25) is 0 Å². The molecule has 0 radical (unpaired) electrons. The number of benzene rings is 2. The van der Waals surface area contributed by atoms with Crippen LogP contribution in [0, 0.1) is 0 Å². The molecule has 3 nitrogen and oxygen atoms in total. The minimum Gasteiger partial charge on any atom is -0.497 e. The van der Waals surface area contributed by atoms with Crippen molar-refractivity contribution in [3.8, 4) is 5.75 Å². The standard InChI is InChI=1S/C16H15NO2S/c1-19-14-5-4-11-8-13(3-2-12(11)9-14)15(18)10-16-17-6-7-20-16/h2-9,15,18H,10H2,1H3. The highest BCUT2D eigenvalue weighted by Gasteiger charge is 2.11. The van der Waals surface area contributed by atoms with Crippen LogP contribution >= 0.6 is 11.3 Å². The summed E-state index contributed by atoms with van der Waals surface area (Å²) in [4.78, 5) is 4.21. The van der Waals surface area contributed by atoms with Crippen molar-refractivity contribution in [1.82, 2.24) is 4.98 Å². The molecule has 1 heterocycles. The molecule has 2 aromatic carbocycles. The van der Waals surface area contributed by atoms with E-state index in [0.717, 1.165) is 27.1 Å². The van der Waals surface area contributed by atoms with Gasteiger partial charge in [-0.2, -0.15) is 0 Å². The SMILES string of the molecule is COc1ccc2cc(C(O)Cc3nccs3)ccc2c1. The van der Waals surface area contributed by atoms with Crippen molar-refractivity contribution in [3.05, 3.63) is 58.5 Å². The van der Waals surface area contributed by atoms with Crippen LogP contribution in [0.25, 0.3) is 10.8 Å². The lowest BCUT2D eigenvalue weighted by Gasteiger charge is -2.11. The molecule has 1 aromatic heterocycles. The van der Waals surface area contributed by atoms with Gasteiger partial charge in [0.2, 0.25) is 0 Å². The Morgan fingerprint density at radius 1 is 1.20 bits per heavy atom. The number of aliphatic hydroxyl groups excluding tert-OH is 1. The van der Waals surface area contributed by atoms with E-state index in [1.54, 1.807) is 24.6 Å². The zero-order chi connectivity index (χ0) is 13.9. The Labute approximate surface area is 121 Å². The smallest absolute Gasteiger partial charge is 0.119 e. The van der Waals surface area contributed by atoms with Gasteiger partial charge in [-0.1, -0.05) is 18.2 Å². The molecule has 0 fully saturated rings. The average molecular weight is 285 g/mol. The van der Waals surface area contributed by atoms with Gasteiger partial charge in [-0.15, -0.1) is 11.3 Å². The van der Waals surface area contributed by atoms with E-state index in [2.05, 4.69) is 4.98 Å². The number of thiazole rings is 1. The maximum absolute atomic E-state index is 10.3. The first-order valence-corrected chi connectivity index (χ1v) is 7.28. The molecule has 0 saturated carbocycles. The van der Waals surface area contributed by atoms with E-state index < -0.39 is 6.10 Å². The first-order chi connectivity index (χ1) is 9.76. The Morgan fingerprint density at radius 2 is 2.00 bits per heavy atom. The Balaban J connectivity index is 1.88. The van der Waals surface area contributed by atoms with Gasteiger partial charge in [0, 0.05) is 18.0 Å². The molecule has 0 aliphatic heterocycles. The van der Waals surface area contributed by atoms with Crippen molar-refractivity contribution in [2.75, 3.05) is 7.11 Å². The van der Waals surface area contributed by atoms with E-state index >= 15 is 0 Å². The lowest BCUT2D eigenvalue weighted by molar-refractivity contribution is 0.178. The number of fused-ring (bicyclic) bond motifs is 1. The molecule has 3 rings (SSSR count). The van der Waals surface area contributed by atoms with Gasteiger partial charge >= 0.3 is 0 Å². The van der Waals surface area contributed by atoms with Crippen LogP contribution in [0.4, 0.5) is 0 Å². The van der Waals surface area contributed by atoms with Crippen LogP contribution < -0.4 is 4.74 Å². The first-order valence-electron chi connectivity index (χ1n) is 6.40. The van der Waals surface area contributed by atoms with Crippen LogP contribution in [0.5, 0.6) is 5.75 Å². The number of hydrogen-bond donors (Lipinski definition) is 1. The topological polar surface area (TPSA) is 42.4 Å². The van der Waals surface area contributed by atoms with Gasteiger partial charge in [0.05, 0.1) is 18.2 Å². The van der Waals surface area contributed by atoms with Gasteiger partial charge < -0.3 is 9.84 Å². The van der Waals surface area contributed by atoms with Crippen molar-refractivity contribution in [2.24, 2.45) is 0 Å². The highest BCUT2D eigenvalue weighted by Crippen LogP contribution is 2.26. The van der Waals surface area contributed by atoms with Crippen LogP contribution in [0.3, 0.4) is 0 Å². The van der Waals surface area contributed by atoms with Crippen molar-refractivity contribution in [3.63, 3.8) is 0 Å². The summed E-state index contributed by atoms with van der Waals surface area (Å²) >= 11 is 1.57. The second-order valence-electron chi connectivity index (χ2n) is 4.62. The number of rotatable bonds is 4. The molecule has 1 atom stereocenters. The summed E-state index contributed by atoms with van der Waals surface area (Å²) in [6.07, 6.45) is 1.80. The molecular formula is C16H15NO2S. The molecule has 0 amide bonds. The highest BCUT2D eigenvalue weighted by atomic mass is 32.1. The molecule has 0 aliphatic carbocycles. The average Bonchev–Trinajstić information content (AvgIpc) is 2.99. The summed E-state index contributed by atoms with van der Waals surface area (Å²) < 4.78 is 5.21. The summed E-state index contributed by atoms with van der Waals surface area (Å²) in [6.45, 7) is 0. The van der Waals surface area contributed by atoms with E-state index in [0.29, 0.717) is 6.42 Å². The quantitative estimate of drug-likeness (QED) is 0.796. The molecule has 1 N–H and O–H groups in total. The fourth-order valence-electron chi connectivity index (χ4n) is 2.21. The largest absolute Gasteiger partial charge is 0.497 e. The Kier molecular flexibility index (Phi) is 3.67. The fraction of sp³-hybridized carbons (Fsp3) is 0.188. The van der Waals surface area contributed by atoms with E-state index in [9.17, 15) is 5.11 Å². The summed E-state index contributed by atoms with van der Waals surface area (Å²) in [5.41, 5.74) is 0.915. The Bertz CT molecular complexity index is 710. The third-order valence-electron chi connectivity index (χ3n) is 3.31. The third kappa shape index (κ3) is 2.66. The highest BCUT2D eigenvalue weighted by molar-refractivity contribution is 7.09. The molecule has 0 bridgehead atoms. The summed E-state index contributed by atoms with van der Waals surface area (Å²) in [6, 6.07) is 11.9. The maximum Gasteiger partial charge on any atom is 0.119 e.